The summed E-state index contributed by atoms with van der Waals surface area (Å²) in [6.45, 7) is 0.142. The van der Waals surface area contributed by atoms with Gasteiger partial charge in [0.2, 0.25) is 19.7 Å². The zero-order valence-electron chi connectivity index (χ0n) is 22.1. The molecule has 0 bridgehead atoms. The van der Waals surface area contributed by atoms with Gasteiger partial charge in [-0.3, -0.25) is 0 Å². The molecule has 0 radical (unpaired) electrons. The number of rotatable bonds is 10. The molecule has 2 N–H and O–H groups in total. The second kappa shape index (κ2) is 12.0. The van der Waals surface area contributed by atoms with Gasteiger partial charge < -0.3 is 19.7 Å². The molecule has 0 unspecified atom stereocenters. The third-order valence-electron chi connectivity index (χ3n) is 6.35. The standard InChI is InChI=1S/C32H26O8S2/c33-25-12-16-27(17-13-25)41(35,36)31-10-3-1-8-29(31)39-21-23-6-5-7-24(20-23)22-40-30-9-2-4-11-32(30)42(37,38)28-18-14-26(34)15-19-28/h1-20,33-34H,21-22H2. The number of sulfone groups is 2. The highest BCUT2D eigenvalue weighted by molar-refractivity contribution is 7.92. The summed E-state index contributed by atoms with van der Waals surface area (Å²) in [6.07, 6.45) is 0. The molecule has 0 aliphatic heterocycles. The molecule has 0 amide bonds. The zero-order chi connectivity index (χ0) is 29.7. The summed E-state index contributed by atoms with van der Waals surface area (Å²) in [4.78, 5) is 0.0645. The minimum absolute atomic E-state index is 0.00150. The van der Waals surface area contributed by atoms with Gasteiger partial charge in [-0.1, -0.05) is 42.5 Å². The Morgan fingerprint density at radius 1 is 0.476 bits per heavy atom. The Kier molecular flexibility index (Phi) is 8.19. The lowest BCUT2D eigenvalue weighted by molar-refractivity contribution is 0.292. The van der Waals surface area contributed by atoms with E-state index in [0.29, 0.717) is 0 Å². The fraction of sp³-hybridized carbons (Fsp3) is 0.0625. The molecule has 8 nitrogen and oxygen atoms in total. The van der Waals surface area contributed by atoms with Crippen molar-refractivity contribution >= 4 is 19.7 Å². The van der Waals surface area contributed by atoms with Crippen molar-refractivity contribution in [3.8, 4) is 23.0 Å². The molecule has 10 heteroatoms. The Balaban J connectivity index is 1.31. The third-order valence-corrected chi connectivity index (χ3v) is 9.97. The summed E-state index contributed by atoms with van der Waals surface area (Å²) in [5.41, 5.74) is 1.50. The van der Waals surface area contributed by atoms with Crippen LogP contribution in [0.15, 0.2) is 141 Å². The SMILES string of the molecule is O=S(=O)(c1ccc(O)cc1)c1ccccc1OCc1cccc(COc2ccccc2S(=O)(=O)c2ccc(O)cc2)c1. The number of hydrogen-bond acceptors (Lipinski definition) is 8. The summed E-state index contributed by atoms with van der Waals surface area (Å²) in [5.74, 6) is 0.288. The molecule has 5 aromatic rings. The maximum Gasteiger partial charge on any atom is 0.210 e. The average molecular weight is 603 g/mol. The van der Waals surface area contributed by atoms with Gasteiger partial charge in [0.1, 0.15) is 46.0 Å². The predicted molar refractivity (Wildman–Crippen MR) is 155 cm³/mol. The fourth-order valence-electron chi connectivity index (χ4n) is 4.22. The highest BCUT2D eigenvalue weighted by Crippen LogP contribution is 2.32. The van der Waals surface area contributed by atoms with E-state index in [2.05, 4.69) is 0 Å². The molecule has 0 aliphatic rings. The lowest BCUT2D eigenvalue weighted by Crippen LogP contribution is -2.07. The topological polar surface area (TPSA) is 127 Å². The second-order valence-corrected chi connectivity index (χ2v) is 13.1. The molecular formula is C32H26O8S2. The number of para-hydroxylation sites is 2. The maximum absolute atomic E-state index is 13.2. The van der Waals surface area contributed by atoms with Crippen LogP contribution in [0.3, 0.4) is 0 Å². The second-order valence-electron chi connectivity index (χ2n) is 9.29. The van der Waals surface area contributed by atoms with Crippen LogP contribution in [0, 0.1) is 0 Å². The normalized spacial score (nSPS) is 11.6. The number of ether oxygens (including phenoxy) is 2. The van der Waals surface area contributed by atoms with Crippen molar-refractivity contribution in [2.75, 3.05) is 0 Å². The van der Waals surface area contributed by atoms with E-state index in [1.54, 1.807) is 42.5 Å². The number of phenolic OH excluding ortho intramolecular Hbond substituents is 2. The van der Waals surface area contributed by atoms with Gasteiger partial charge >= 0.3 is 0 Å². The summed E-state index contributed by atoms with van der Waals surface area (Å²) in [6, 6.07) is 30.5. The molecule has 0 saturated heterocycles. The first kappa shape index (κ1) is 28.7. The molecule has 0 aliphatic carbocycles. The molecule has 0 heterocycles. The van der Waals surface area contributed by atoms with Crippen LogP contribution >= 0.6 is 0 Å². The number of hydrogen-bond donors (Lipinski definition) is 2. The van der Waals surface area contributed by atoms with E-state index in [1.165, 1.54) is 60.7 Å². The van der Waals surface area contributed by atoms with Gasteiger partial charge in [-0.05, 0) is 90.0 Å². The summed E-state index contributed by atoms with van der Waals surface area (Å²) >= 11 is 0. The first-order chi connectivity index (χ1) is 20.1. The number of benzene rings is 5. The summed E-state index contributed by atoms with van der Waals surface area (Å²) < 4.78 is 64.7. The van der Waals surface area contributed by atoms with E-state index < -0.39 is 19.7 Å². The van der Waals surface area contributed by atoms with Gasteiger partial charge in [-0.15, -0.1) is 0 Å². The molecule has 0 saturated carbocycles. The Labute approximate surface area is 243 Å². The Morgan fingerprint density at radius 3 is 1.26 bits per heavy atom. The van der Waals surface area contributed by atoms with E-state index >= 15 is 0 Å². The van der Waals surface area contributed by atoms with E-state index in [-0.39, 0.29) is 55.8 Å². The van der Waals surface area contributed by atoms with Crippen LogP contribution in [0.4, 0.5) is 0 Å². The van der Waals surface area contributed by atoms with Gasteiger partial charge in [0.15, 0.2) is 0 Å². The molecular weight excluding hydrogens is 576 g/mol. The van der Waals surface area contributed by atoms with Crippen molar-refractivity contribution < 1.29 is 36.5 Å². The average Bonchev–Trinajstić information content (AvgIpc) is 3.00. The van der Waals surface area contributed by atoms with Crippen LogP contribution in [-0.4, -0.2) is 27.0 Å². The lowest BCUT2D eigenvalue weighted by atomic mass is 10.1. The smallest absolute Gasteiger partial charge is 0.210 e. The molecule has 0 fully saturated rings. The lowest BCUT2D eigenvalue weighted by Gasteiger charge is -2.14. The number of phenols is 2. The largest absolute Gasteiger partial charge is 0.508 e. The minimum Gasteiger partial charge on any atom is -0.508 e. The molecule has 5 aromatic carbocycles. The molecule has 0 atom stereocenters. The first-order valence-electron chi connectivity index (χ1n) is 12.7. The first-order valence-corrected chi connectivity index (χ1v) is 15.7. The van der Waals surface area contributed by atoms with Crippen LogP contribution in [-0.2, 0) is 32.9 Å². The highest BCUT2D eigenvalue weighted by Gasteiger charge is 2.23. The Morgan fingerprint density at radius 2 is 0.857 bits per heavy atom. The van der Waals surface area contributed by atoms with Gasteiger partial charge in [0.25, 0.3) is 0 Å². The van der Waals surface area contributed by atoms with Crippen LogP contribution in [0.2, 0.25) is 0 Å². The van der Waals surface area contributed by atoms with Crippen LogP contribution in [0.1, 0.15) is 11.1 Å². The Bertz CT molecular complexity index is 1780. The van der Waals surface area contributed by atoms with Gasteiger partial charge in [-0.25, -0.2) is 16.8 Å². The van der Waals surface area contributed by atoms with E-state index in [0.717, 1.165) is 11.1 Å². The molecule has 5 rings (SSSR count). The molecule has 214 valence electrons. The Hall–Kier alpha value is -4.80. The monoisotopic (exact) mass is 602 g/mol. The quantitative estimate of drug-likeness (QED) is 0.202. The maximum atomic E-state index is 13.2. The van der Waals surface area contributed by atoms with Crippen LogP contribution in [0.5, 0.6) is 23.0 Å². The number of aromatic hydroxyl groups is 2. The van der Waals surface area contributed by atoms with Crippen molar-refractivity contribution in [1.82, 2.24) is 0 Å². The van der Waals surface area contributed by atoms with Crippen molar-refractivity contribution in [2.45, 2.75) is 32.8 Å². The molecule has 0 spiro atoms. The minimum atomic E-state index is -3.89. The molecule has 42 heavy (non-hydrogen) atoms. The van der Waals surface area contributed by atoms with Gasteiger partial charge in [0.05, 0.1) is 9.79 Å². The fourth-order valence-corrected chi connectivity index (χ4v) is 7.01. The van der Waals surface area contributed by atoms with Crippen LogP contribution in [0.25, 0.3) is 0 Å². The predicted octanol–water partition coefficient (Wildman–Crippen LogP) is 5.92. The van der Waals surface area contributed by atoms with Crippen molar-refractivity contribution in [1.29, 1.82) is 0 Å². The van der Waals surface area contributed by atoms with E-state index in [4.69, 9.17) is 9.47 Å². The summed E-state index contributed by atoms with van der Waals surface area (Å²) in [7, 11) is -7.79. The van der Waals surface area contributed by atoms with Crippen LogP contribution < -0.4 is 9.47 Å². The molecule has 0 aromatic heterocycles. The zero-order valence-corrected chi connectivity index (χ0v) is 23.8. The summed E-state index contributed by atoms with van der Waals surface area (Å²) in [5, 5.41) is 19.1. The van der Waals surface area contributed by atoms with Crippen molar-refractivity contribution in [2.24, 2.45) is 0 Å². The highest BCUT2D eigenvalue weighted by atomic mass is 32.2. The van der Waals surface area contributed by atoms with Crippen molar-refractivity contribution in [3.63, 3.8) is 0 Å². The van der Waals surface area contributed by atoms with Crippen molar-refractivity contribution in [3.05, 3.63) is 132 Å². The van der Waals surface area contributed by atoms with Gasteiger partial charge in [-0.2, -0.15) is 0 Å². The third kappa shape index (κ3) is 6.24. The van der Waals surface area contributed by atoms with E-state index in [1.807, 2.05) is 18.2 Å². The van der Waals surface area contributed by atoms with E-state index in [9.17, 15) is 27.0 Å². The van der Waals surface area contributed by atoms with Gasteiger partial charge in [0, 0.05) is 0 Å².